The molecule has 0 saturated heterocycles. The predicted molar refractivity (Wildman–Crippen MR) is 200 cm³/mol. The van der Waals surface area contributed by atoms with Gasteiger partial charge in [0.15, 0.2) is 0 Å². The highest BCUT2D eigenvalue weighted by molar-refractivity contribution is 5.69. The van der Waals surface area contributed by atoms with Gasteiger partial charge in [0.05, 0.1) is 0 Å². The predicted octanol–water partition coefficient (Wildman–Crippen LogP) is 13.9. The molecule has 2 spiro atoms. The van der Waals surface area contributed by atoms with E-state index < -0.39 is 0 Å². The van der Waals surface area contributed by atoms with Crippen molar-refractivity contribution in [3.63, 3.8) is 0 Å². The molecule has 5 aliphatic carbocycles. The number of carbonyl (C=O) groups excluding carboxylic acids is 1. The number of hydrogen-bond acceptors (Lipinski definition) is 2. The van der Waals surface area contributed by atoms with E-state index in [0.717, 1.165) is 42.4 Å². The van der Waals surface area contributed by atoms with E-state index in [1.165, 1.54) is 148 Å². The molecule has 2 heteroatoms. The Labute approximate surface area is 293 Å². The minimum absolute atomic E-state index is 0.0977. The molecule has 0 aliphatic heterocycles. The standard InChI is InChI=1S/C45H80O2/c1-8-9-10-11-12-13-14-15-16-17-18-19-20-24-41(46)47-39-28-30-44-33-45(44)32-31-42(6)37(35(4)23-21-22-34(2)3)27-29-43(42,7)40(45)26-25-38(44)36(39)5/h34-40H,8-33H2,1-7H3. The van der Waals surface area contributed by atoms with Gasteiger partial charge in [-0.25, -0.2) is 0 Å². The smallest absolute Gasteiger partial charge is 0.306 e. The molecule has 47 heavy (non-hydrogen) atoms. The minimum atomic E-state index is 0.0977. The number of fused-ring (bicyclic) bond motifs is 2. The van der Waals surface area contributed by atoms with Gasteiger partial charge < -0.3 is 4.74 Å². The summed E-state index contributed by atoms with van der Waals surface area (Å²) in [6.45, 7) is 17.7. The fourth-order valence-electron chi connectivity index (χ4n) is 13.7. The Morgan fingerprint density at radius 1 is 0.681 bits per heavy atom. The molecule has 5 fully saturated rings. The highest BCUT2D eigenvalue weighted by Crippen LogP contribution is 2.88. The van der Waals surface area contributed by atoms with Crippen molar-refractivity contribution in [1.29, 1.82) is 0 Å². The average molecular weight is 653 g/mol. The van der Waals surface area contributed by atoms with E-state index in [1.807, 2.05) is 0 Å². The van der Waals surface area contributed by atoms with E-state index in [9.17, 15) is 4.79 Å². The molecule has 0 bridgehead atoms. The maximum atomic E-state index is 13.0. The fourth-order valence-corrected chi connectivity index (χ4v) is 13.7. The van der Waals surface area contributed by atoms with Crippen molar-refractivity contribution in [1.82, 2.24) is 0 Å². The molecule has 0 amide bonds. The third kappa shape index (κ3) is 7.58. The SMILES string of the molecule is CCCCCCCCCCCCCCCC(=O)OC1CCC23CC24CCC2(C)C(C(C)CCCC(C)C)CCC2(C)C4CCC3C1C. The summed E-state index contributed by atoms with van der Waals surface area (Å²) in [5.74, 6) is 4.99. The number of unbranched alkanes of at least 4 members (excludes halogenated alkanes) is 12. The van der Waals surface area contributed by atoms with Crippen molar-refractivity contribution in [2.24, 2.45) is 57.2 Å². The van der Waals surface area contributed by atoms with Crippen molar-refractivity contribution in [2.45, 2.75) is 222 Å². The zero-order chi connectivity index (χ0) is 33.7. The minimum Gasteiger partial charge on any atom is -0.462 e. The van der Waals surface area contributed by atoms with Crippen LogP contribution in [0.25, 0.3) is 0 Å². The summed E-state index contributed by atoms with van der Waals surface area (Å²) in [4.78, 5) is 13.0. The van der Waals surface area contributed by atoms with Gasteiger partial charge in [0.1, 0.15) is 6.10 Å². The monoisotopic (exact) mass is 653 g/mol. The second kappa shape index (κ2) is 16.2. The van der Waals surface area contributed by atoms with E-state index in [1.54, 1.807) is 0 Å². The molecular formula is C45H80O2. The van der Waals surface area contributed by atoms with E-state index in [2.05, 4.69) is 48.5 Å². The Balaban J connectivity index is 1.03. The molecule has 0 aromatic rings. The lowest BCUT2D eigenvalue weighted by Crippen LogP contribution is -2.56. The van der Waals surface area contributed by atoms with E-state index in [4.69, 9.17) is 4.74 Å². The third-order valence-electron chi connectivity index (χ3n) is 16.6. The second-order valence-corrected chi connectivity index (χ2v) is 19.4. The summed E-state index contributed by atoms with van der Waals surface area (Å²) in [6, 6.07) is 0. The van der Waals surface area contributed by atoms with Gasteiger partial charge >= 0.3 is 5.97 Å². The zero-order valence-electron chi connectivity index (χ0n) is 32.7. The van der Waals surface area contributed by atoms with Crippen LogP contribution in [0.2, 0.25) is 0 Å². The number of carbonyl (C=O) groups is 1. The average Bonchev–Trinajstić information content (AvgIpc) is 3.62. The highest BCUT2D eigenvalue weighted by Gasteiger charge is 2.81. The molecule has 5 aliphatic rings. The summed E-state index contributed by atoms with van der Waals surface area (Å²) >= 11 is 0. The van der Waals surface area contributed by atoms with E-state index in [0.29, 0.717) is 34.0 Å². The molecule has 0 radical (unpaired) electrons. The summed E-state index contributed by atoms with van der Waals surface area (Å²) in [6.07, 6.45) is 35.3. The van der Waals surface area contributed by atoms with Gasteiger partial charge in [-0.3, -0.25) is 4.79 Å². The van der Waals surface area contributed by atoms with Crippen molar-refractivity contribution in [3.05, 3.63) is 0 Å². The molecule has 10 unspecified atom stereocenters. The number of ether oxygens (including phenoxy) is 1. The van der Waals surface area contributed by atoms with Crippen LogP contribution in [0.1, 0.15) is 215 Å². The van der Waals surface area contributed by atoms with Gasteiger partial charge in [-0.15, -0.1) is 0 Å². The molecule has 0 aromatic carbocycles. The largest absolute Gasteiger partial charge is 0.462 e. The third-order valence-corrected chi connectivity index (χ3v) is 16.6. The second-order valence-electron chi connectivity index (χ2n) is 19.4. The number of rotatable bonds is 20. The Hall–Kier alpha value is -0.530. The van der Waals surface area contributed by atoms with E-state index in [-0.39, 0.29) is 12.1 Å². The van der Waals surface area contributed by atoms with Crippen LogP contribution < -0.4 is 0 Å². The van der Waals surface area contributed by atoms with Crippen molar-refractivity contribution in [2.75, 3.05) is 0 Å². The van der Waals surface area contributed by atoms with Gasteiger partial charge in [0.2, 0.25) is 0 Å². The van der Waals surface area contributed by atoms with Gasteiger partial charge in [-0.05, 0) is 121 Å². The topological polar surface area (TPSA) is 26.3 Å². The molecule has 0 N–H and O–H groups in total. The van der Waals surface area contributed by atoms with E-state index >= 15 is 0 Å². The van der Waals surface area contributed by atoms with Crippen LogP contribution in [0.15, 0.2) is 0 Å². The molecule has 5 rings (SSSR count). The normalized spacial score (nSPS) is 39.5. The molecule has 272 valence electrons. The van der Waals surface area contributed by atoms with Gasteiger partial charge in [0, 0.05) is 6.42 Å². The van der Waals surface area contributed by atoms with Crippen LogP contribution in [-0.4, -0.2) is 12.1 Å². The Bertz CT molecular complexity index is 986. The van der Waals surface area contributed by atoms with Crippen molar-refractivity contribution < 1.29 is 9.53 Å². The first-order valence-electron chi connectivity index (χ1n) is 21.7. The lowest BCUT2D eigenvalue weighted by molar-refractivity contribution is -0.167. The highest BCUT2D eigenvalue weighted by atomic mass is 16.5. The lowest BCUT2D eigenvalue weighted by Gasteiger charge is -2.62. The number of esters is 1. The Morgan fingerprint density at radius 2 is 1.32 bits per heavy atom. The molecule has 2 nitrogen and oxygen atoms in total. The molecule has 0 aromatic heterocycles. The van der Waals surface area contributed by atoms with Gasteiger partial charge in [-0.1, -0.05) is 145 Å². The van der Waals surface area contributed by atoms with Crippen molar-refractivity contribution in [3.8, 4) is 0 Å². The summed E-state index contributed by atoms with van der Waals surface area (Å²) in [5.41, 5.74) is 2.23. The zero-order valence-corrected chi connectivity index (χ0v) is 32.7. The first-order valence-corrected chi connectivity index (χ1v) is 21.7. The summed E-state index contributed by atoms with van der Waals surface area (Å²) < 4.78 is 6.31. The quantitative estimate of drug-likeness (QED) is 0.0966. The Morgan fingerprint density at radius 3 is 1.96 bits per heavy atom. The molecule has 0 heterocycles. The van der Waals surface area contributed by atoms with Gasteiger partial charge in [-0.2, -0.15) is 0 Å². The van der Waals surface area contributed by atoms with Gasteiger partial charge in [0.25, 0.3) is 0 Å². The molecular weight excluding hydrogens is 572 g/mol. The van der Waals surface area contributed by atoms with Crippen LogP contribution >= 0.6 is 0 Å². The first-order chi connectivity index (χ1) is 22.5. The first kappa shape index (κ1) is 37.7. The van der Waals surface area contributed by atoms with Crippen LogP contribution in [0.5, 0.6) is 0 Å². The number of hydrogen-bond donors (Lipinski definition) is 0. The van der Waals surface area contributed by atoms with Crippen molar-refractivity contribution >= 4 is 5.97 Å². The Kier molecular flexibility index (Phi) is 13.0. The van der Waals surface area contributed by atoms with Crippen LogP contribution in [0.4, 0.5) is 0 Å². The van der Waals surface area contributed by atoms with Crippen LogP contribution in [0, 0.1) is 57.2 Å². The maximum Gasteiger partial charge on any atom is 0.306 e. The lowest BCUT2D eigenvalue weighted by atomic mass is 9.43. The maximum absolute atomic E-state index is 13.0. The summed E-state index contributed by atoms with van der Waals surface area (Å²) in [5, 5.41) is 0. The molecule has 5 saturated carbocycles. The summed E-state index contributed by atoms with van der Waals surface area (Å²) in [7, 11) is 0. The fraction of sp³-hybridized carbons (Fsp3) is 0.978. The van der Waals surface area contributed by atoms with Crippen LogP contribution in [0.3, 0.4) is 0 Å². The molecule has 10 atom stereocenters. The van der Waals surface area contributed by atoms with Crippen LogP contribution in [-0.2, 0) is 9.53 Å².